The second kappa shape index (κ2) is 5.87. The van der Waals surface area contributed by atoms with Gasteiger partial charge < -0.3 is 10.3 Å². The van der Waals surface area contributed by atoms with E-state index in [9.17, 15) is 4.79 Å². The first-order chi connectivity index (χ1) is 9.15. The van der Waals surface area contributed by atoms with Gasteiger partial charge in [-0.2, -0.15) is 0 Å². The van der Waals surface area contributed by atoms with Crippen LogP contribution in [0, 0.1) is 5.92 Å². The van der Waals surface area contributed by atoms with Crippen LogP contribution in [0.3, 0.4) is 0 Å². The summed E-state index contributed by atoms with van der Waals surface area (Å²) in [7, 11) is 0. The normalized spacial score (nSPS) is 12.8. The number of nitrogens with one attached hydrogen (secondary N) is 2. The van der Waals surface area contributed by atoms with E-state index >= 15 is 0 Å². The lowest BCUT2D eigenvalue weighted by atomic mass is 9.95. The van der Waals surface area contributed by atoms with Crippen LogP contribution >= 0.6 is 0 Å². The molecule has 0 radical (unpaired) electrons. The highest BCUT2D eigenvalue weighted by Gasteiger charge is 2.16. The minimum absolute atomic E-state index is 0.0177. The fraction of sp³-hybridized carbons (Fsp3) is 0.467. The maximum atomic E-state index is 12.2. The highest BCUT2D eigenvalue weighted by molar-refractivity contribution is 5.97. The summed E-state index contributed by atoms with van der Waals surface area (Å²) < 4.78 is 0. The molecular weight excluding hydrogens is 238 g/mol. The van der Waals surface area contributed by atoms with Crippen molar-refractivity contribution in [3.63, 3.8) is 0 Å². The average Bonchev–Trinajstić information content (AvgIpc) is 2.87. The Bertz CT molecular complexity index is 557. The number of aromatic amines is 1. The number of nitrogens with zero attached hydrogens (tertiary/aromatic N) is 1. The zero-order chi connectivity index (χ0) is 13.8. The molecule has 2 N–H and O–H groups in total. The molecule has 0 fully saturated rings. The van der Waals surface area contributed by atoms with Crippen LogP contribution in [0.4, 0.5) is 0 Å². The third-order valence-corrected chi connectivity index (χ3v) is 3.80. The molecule has 19 heavy (non-hydrogen) atoms. The van der Waals surface area contributed by atoms with Crippen LogP contribution in [0.2, 0.25) is 0 Å². The maximum Gasteiger partial charge on any atom is 0.251 e. The Balaban J connectivity index is 2.10. The minimum atomic E-state index is -0.0177. The molecule has 1 aromatic carbocycles. The monoisotopic (exact) mass is 259 g/mol. The quantitative estimate of drug-likeness (QED) is 0.866. The molecule has 4 nitrogen and oxygen atoms in total. The van der Waals surface area contributed by atoms with Crippen LogP contribution in [0.1, 0.15) is 44.0 Å². The second-order valence-corrected chi connectivity index (χ2v) is 4.97. The van der Waals surface area contributed by atoms with E-state index in [1.165, 1.54) is 0 Å². The van der Waals surface area contributed by atoms with Gasteiger partial charge in [0.2, 0.25) is 0 Å². The van der Waals surface area contributed by atoms with Crippen molar-refractivity contribution in [2.24, 2.45) is 5.92 Å². The summed E-state index contributed by atoms with van der Waals surface area (Å²) in [5.74, 6) is 0.510. The molecule has 0 aliphatic carbocycles. The predicted molar refractivity (Wildman–Crippen MR) is 77.1 cm³/mol. The van der Waals surface area contributed by atoms with Crippen LogP contribution in [0.15, 0.2) is 24.5 Å². The molecule has 0 aliphatic heterocycles. The zero-order valence-electron chi connectivity index (χ0n) is 11.7. The van der Waals surface area contributed by atoms with Gasteiger partial charge in [-0.3, -0.25) is 4.79 Å². The van der Waals surface area contributed by atoms with Gasteiger partial charge in [-0.05, 0) is 31.0 Å². The number of amides is 1. The lowest BCUT2D eigenvalue weighted by Crippen LogP contribution is -2.37. The molecule has 0 saturated heterocycles. The van der Waals surface area contributed by atoms with Gasteiger partial charge in [0.25, 0.3) is 5.91 Å². The van der Waals surface area contributed by atoms with Crippen LogP contribution in [0.5, 0.6) is 0 Å². The first-order valence-electron chi connectivity index (χ1n) is 6.89. The predicted octanol–water partition coefficient (Wildman–Crippen LogP) is 3.12. The van der Waals surface area contributed by atoms with E-state index in [4.69, 9.17) is 0 Å². The number of benzene rings is 1. The molecule has 102 valence electrons. The van der Waals surface area contributed by atoms with Gasteiger partial charge in [-0.1, -0.05) is 26.7 Å². The van der Waals surface area contributed by atoms with Crippen molar-refractivity contribution in [2.45, 2.75) is 39.7 Å². The highest BCUT2D eigenvalue weighted by Crippen LogP contribution is 2.15. The Hall–Kier alpha value is -1.84. The van der Waals surface area contributed by atoms with Crippen molar-refractivity contribution >= 4 is 16.9 Å². The largest absolute Gasteiger partial charge is 0.349 e. The number of carbonyl (C=O) groups is 1. The van der Waals surface area contributed by atoms with Crippen molar-refractivity contribution in [1.29, 1.82) is 0 Å². The Morgan fingerprint density at radius 3 is 2.79 bits per heavy atom. The lowest BCUT2D eigenvalue weighted by molar-refractivity contribution is 0.0925. The number of fused-ring (bicyclic) bond motifs is 1. The molecule has 0 aliphatic rings. The number of imidazole rings is 1. The molecule has 1 heterocycles. The topological polar surface area (TPSA) is 57.8 Å². The lowest BCUT2D eigenvalue weighted by Gasteiger charge is -2.22. The summed E-state index contributed by atoms with van der Waals surface area (Å²) >= 11 is 0. The summed E-state index contributed by atoms with van der Waals surface area (Å²) in [6, 6.07) is 5.72. The zero-order valence-corrected chi connectivity index (χ0v) is 11.7. The third kappa shape index (κ3) is 2.95. The Morgan fingerprint density at radius 2 is 2.11 bits per heavy atom. The number of rotatable bonds is 5. The van der Waals surface area contributed by atoms with Crippen LogP contribution < -0.4 is 5.32 Å². The van der Waals surface area contributed by atoms with Gasteiger partial charge >= 0.3 is 0 Å². The molecular formula is C15H21N3O. The van der Waals surface area contributed by atoms with E-state index in [1.807, 2.05) is 18.2 Å². The Morgan fingerprint density at radius 1 is 1.37 bits per heavy atom. The van der Waals surface area contributed by atoms with E-state index < -0.39 is 0 Å². The summed E-state index contributed by atoms with van der Waals surface area (Å²) in [6.07, 6.45) is 3.80. The number of carbonyl (C=O) groups excluding carboxylic acids is 1. The molecule has 0 spiro atoms. The van der Waals surface area contributed by atoms with Crippen LogP contribution in [0.25, 0.3) is 11.0 Å². The molecule has 1 atom stereocenters. The van der Waals surface area contributed by atoms with Crippen molar-refractivity contribution in [1.82, 2.24) is 15.3 Å². The molecule has 0 saturated carbocycles. The Labute approximate surface area is 113 Å². The standard InChI is InChI=1S/C15H21N3O/c1-4-11(5-2)10(3)18-15(19)12-6-7-13-14(8-12)17-9-16-13/h6-11H,4-5H2,1-3H3,(H,16,17)(H,18,19). The smallest absolute Gasteiger partial charge is 0.251 e. The van der Waals surface area contributed by atoms with Gasteiger partial charge in [0, 0.05) is 11.6 Å². The molecule has 1 aromatic heterocycles. The maximum absolute atomic E-state index is 12.2. The molecule has 2 aromatic rings. The van der Waals surface area contributed by atoms with Crippen molar-refractivity contribution in [3.8, 4) is 0 Å². The number of hydrogen-bond acceptors (Lipinski definition) is 2. The number of hydrogen-bond donors (Lipinski definition) is 2. The van der Waals surface area contributed by atoms with Crippen molar-refractivity contribution in [2.75, 3.05) is 0 Å². The minimum Gasteiger partial charge on any atom is -0.349 e. The van der Waals surface area contributed by atoms with Gasteiger partial charge in [0.05, 0.1) is 17.4 Å². The van der Waals surface area contributed by atoms with E-state index in [0.717, 1.165) is 23.9 Å². The first-order valence-corrected chi connectivity index (χ1v) is 6.89. The fourth-order valence-corrected chi connectivity index (χ4v) is 2.48. The fourth-order valence-electron chi connectivity index (χ4n) is 2.48. The van der Waals surface area contributed by atoms with Gasteiger partial charge in [0.15, 0.2) is 0 Å². The summed E-state index contributed by atoms with van der Waals surface area (Å²) in [5.41, 5.74) is 2.45. The van der Waals surface area contributed by atoms with Crippen LogP contribution in [-0.4, -0.2) is 21.9 Å². The van der Waals surface area contributed by atoms with Gasteiger partial charge in [-0.25, -0.2) is 4.98 Å². The SMILES string of the molecule is CCC(CC)C(C)NC(=O)c1ccc2nc[nH]c2c1. The second-order valence-electron chi connectivity index (χ2n) is 4.97. The number of aromatic nitrogens is 2. The summed E-state index contributed by atoms with van der Waals surface area (Å²) in [4.78, 5) is 19.4. The molecule has 1 unspecified atom stereocenters. The summed E-state index contributed by atoms with van der Waals surface area (Å²) in [5, 5.41) is 3.08. The third-order valence-electron chi connectivity index (χ3n) is 3.80. The van der Waals surface area contributed by atoms with E-state index in [0.29, 0.717) is 11.5 Å². The average molecular weight is 259 g/mol. The van der Waals surface area contributed by atoms with Crippen molar-refractivity contribution in [3.05, 3.63) is 30.1 Å². The summed E-state index contributed by atoms with van der Waals surface area (Å²) in [6.45, 7) is 6.39. The molecule has 0 bridgehead atoms. The molecule has 2 rings (SSSR count). The van der Waals surface area contributed by atoms with E-state index in [-0.39, 0.29) is 11.9 Å². The van der Waals surface area contributed by atoms with Crippen LogP contribution in [-0.2, 0) is 0 Å². The Kier molecular flexibility index (Phi) is 4.20. The van der Waals surface area contributed by atoms with Crippen molar-refractivity contribution < 1.29 is 4.79 Å². The highest BCUT2D eigenvalue weighted by atomic mass is 16.1. The molecule has 1 amide bonds. The first kappa shape index (κ1) is 13.6. The number of H-pyrrole nitrogens is 1. The van der Waals surface area contributed by atoms with Gasteiger partial charge in [-0.15, -0.1) is 0 Å². The molecule has 4 heteroatoms. The van der Waals surface area contributed by atoms with Gasteiger partial charge in [0.1, 0.15) is 0 Å². The van der Waals surface area contributed by atoms with E-state index in [1.54, 1.807) is 6.33 Å². The van der Waals surface area contributed by atoms with E-state index in [2.05, 4.69) is 36.1 Å².